The van der Waals surface area contributed by atoms with E-state index in [1.165, 1.54) is 0 Å². The van der Waals surface area contributed by atoms with Gasteiger partial charge in [-0.2, -0.15) is 0 Å². The maximum Gasteiger partial charge on any atom is 1.00 e. The highest BCUT2D eigenvalue weighted by Gasteiger charge is 2.02. The third-order valence-electron chi connectivity index (χ3n) is 0.516. The van der Waals surface area contributed by atoms with Crippen molar-refractivity contribution in [2.24, 2.45) is 4.99 Å². The molecule has 0 saturated heterocycles. The fourth-order valence-corrected chi connectivity index (χ4v) is 0.387. The van der Waals surface area contributed by atoms with E-state index in [1.807, 2.05) is 13.1 Å². The van der Waals surface area contributed by atoms with Crippen LogP contribution in [0, 0.1) is 0 Å². The summed E-state index contributed by atoms with van der Waals surface area (Å²) in [6.45, 7) is 8.16. The zero-order valence-corrected chi connectivity index (χ0v) is 5.52. The summed E-state index contributed by atoms with van der Waals surface area (Å²) in [6, 6.07) is 0. The fraction of sp³-hybridized carbons (Fsp3) is 0.833. The van der Waals surface area contributed by atoms with Gasteiger partial charge in [-0.1, -0.05) is 0 Å². The van der Waals surface area contributed by atoms with Gasteiger partial charge in [-0.05, 0) is 33.9 Å². The first-order valence-electron chi connectivity index (χ1n) is 2.56. The first-order valence-corrected chi connectivity index (χ1v) is 2.56. The average Bonchev–Trinajstić information content (AvgIpc) is 1.30. The molecule has 0 aliphatic carbocycles. The Bertz CT molecular complexity index is 71.1. The van der Waals surface area contributed by atoms with Gasteiger partial charge < -0.3 is 0 Å². The molecule has 0 atom stereocenters. The zero-order chi connectivity index (χ0) is 5.91. The summed E-state index contributed by atoms with van der Waals surface area (Å²) in [5.41, 5.74) is 0.120. The van der Waals surface area contributed by atoms with Crippen molar-refractivity contribution in [3.05, 3.63) is 0 Å². The first kappa shape index (κ1) is 6.67. The summed E-state index contributed by atoms with van der Waals surface area (Å²) in [5, 5.41) is 0. The van der Waals surface area contributed by atoms with Gasteiger partial charge in [0.25, 0.3) is 0 Å². The molecule has 1 heteroatoms. The highest BCUT2D eigenvalue weighted by atomic mass is 14.8. The van der Waals surface area contributed by atoms with Gasteiger partial charge in [0, 0.05) is 0 Å². The highest BCUT2D eigenvalue weighted by molar-refractivity contribution is 5.53. The van der Waals surface area contributed by atoms with Crippen molar-refractivity contribution in [1.82, 2.24) is 0 Å². The van der Waals surface area contributed by atoms with Crippen LogP contribution in [-0.4, -0.2) is 11.8 Å². The van der Waals surface area contributed by atoms with Gasteiger partial charge in [-0.15, -0.1) is 0 Å². The normalized spacial score (nSPS) is 13.1. The Morgan fingerprint density at radius 3 is 1.86 bits per heavy atom. The van der Waals surface area contributed by atoms with E-state index in [-0.39, 0.29) is 6.97 Å². The van der Waals surface area contributed by atoms with Crippen LogP contribution in [0.1, 0.15) is 29.1 Å². The molecule has 0 spiro atoms. The van der Waals surface area contributed by atoms with Crippen LogP contribution in [0.4, 0.5) is 0 Å². The molecule has 0 aromatic heterocycles. The van der Waals surface area contributed by atoms with Crippen LogP contribution in [-0.2, 0) is 0 Å². The van der Waals surface area contributed by atoms with Gasteiger partial charge in [0.2, 0.25) is 0 Å². The summed E-state index contributed by atoms with van der Waals surface area (Å²) in [5.74, 6) is 0. The summed E-state index contributed by atoms with van der Waals surface area (Å²) in [6.07, 6.45) is 1.83. The predicted molar refractivity (Wildman–Crippen MR) is 35.0 cm³/mol. The molecule has 42 valence electrons. The molecular formula is C6H14N+. The van der Waals surface area contributed by atoms with Crippen LogP contribution < -0.4 is 0 Å². The van der Waals surface area contributed by atoms with E-state index in [1.54, 1.807) is 0 Å². The third-order valence-corrected chi connectivity index (χ3v) is 0.516. The molecule has 0 N–H and O–H groups in total. The highest BCUT2D eigenvalue weighted by Crippen LogP contribution is 2.03. The molecule has 0 aliphatic rings. The Morgan fingerprint density at radius 1 is 1.43 bits per heavy atom. The second-order valence-electron chi connectivity index (χ2n) is 2.56. The van der Waals surface area contributed by atoms with E-state index >= 15 is 0 Å². The summed E-state index contributed by atoms with van der Waals surface area (Å²) in [7, 11) is 0. The lowest BCUT2D eigenvalue weighted by Crippen LogP contribution is -2.08. The molecule has 0 heterocycles. The molecule has 0 fully saturated rings. The van der Waals surface area contributed by atoms with Crippen LogP contribution in [0.2, 0.25) is 0 Å². The van der Waals surface area contributed by atoms with Crippen LogP contribution in [0.3, 0.4) is 0 Å². The molecule has 0 aliphatic heterocycles. The fourth-order valence-electron chi connectivity index (χ4n) is 0.387. The first-order chi connectivity index (χ1) is 3.06. The molecule has 0 aromatic rings. The van der Waals surface area contributed by atoms with Crippen molar-refractivity contribution < 1.29 is 1.43 Å². The lowest BCUT2D eigenvalue weighted by molar-refractivity contribution is 0.586. The SMILES string of the molecule is CC=NC(C)(C)C.[H+]. The van der Waals surface area contributed by atoms with E-state index in [9.17, 15) is 0 Å². The lowest BCUT2D eigenvalue weighted by atomic mass is 10.1. The Kier molecular flexibility index (Phi) is 2.00. The molecule has 0 bridgehead atoms. The Labute approximate surface area is 46.9 Å². The number of hydrogen-bond acceptors (Lipinski definition) is 1. The average molecular weight is 100 g/mol. The van der Waals surface area contributed by atoms with E-state index < -0.39 is 0 Å². The minimum atomic E-state index is 0. The van der Waals surface area contributed by atoms with Crippen molar-refractivity contribution in [2.45, 2.75) is 33.2 Å². The summed E-state index contributed by atoms with van der Waals surface area (Å²) >= 11 is 0. The molecule has 7 heavy (non-hydrogen) atoms. The second-order valence-corrected chi connectivity index (χ2v) is 2.56. The number of rotatable bonds is 0. The topological polar surface area (TPSA) is 12.4 Å². The van der Waals surface area contributed by atoms with Gasteiger partial charge in [0.15, 0.2) is 0 Å². The van der Waals surface area contributed by atoms with Crippen molar-refractivity contribution >= 4 is 6.21 Å². The van der Waals surface area contributed by atoms with Crippen LogP contribution in [0.25, 0.3) is 0 Å². The van der Waals surface area contributed by atoms with Crippen molar-refractivity contribution in [3.8, 4) is 0 Å². The minimum Gasteiger partial charge on any atom is -0.292 e. The Hall–Kier alpha value is -0.330. The van der Waals surface area contributed by atoms with Gasteiger partial charge in [0.1, 0.15) is 0 Å². The molecule has 0 radical (unpaired) electrons. The van der Waals surface area contributed by atoms with E-state index in [0.29, 0.717) is 0 Å². The van der Waals surface area contributed by atoms with Gasteiger partial charge in [-0.3, -0.25) is 4.99 Å². The third kappa shape index (κ3) is 5.67. The number of nitrogens with zero attached hydrogens (tertiary/aromatic N) is 1. The van der Waals surface area contributed by atoms with Gasteiger partial charge in [-0.25, -0.2) is 0 Å². The largest absolute Gasteiger partial charge is 1.00 e. The maximum absolute atomic E-state index is 4.13. The number of aliphatic imine (C=N–C) groups is 1. The number of hydrogen-bond donors (Lipinski definition) is 0. The Morgan fingerprint density at radius 2 is 1.86 bits per heavy atom. The maximum atomic E-state index is 4.13. The summed E-state index contributed by atoms with van der Waals surface area (Å²) in [4.78, 5) is 4.13. The molecule has 0 amide bonds. The van der Waals surface area contributed by atoms with Crippen LogP contribution in [0.5, 0.6) is 0 Å². The van der Waals surface area contributed by atoms with E-state index in [0.717, 1.165) is 0 Å². The van der Waals surface area contributed by atoms with E-state index in [2.05, 4.69) is 25.8 Å². The molecule has 0 saturated carbocycles. The lowest BCUT2D eigenvalue weighted by Gasteiger charge is -2.09. The zero-order valence-electron chi connectivity index (χ0n) is 6.52. The Balaban J connectivity index is 0. The molecule has 0 unspecified atom stereocenters. The molecule has 0 rings (SSSR count). The quantitative estimate of drug-likeness (QED) is 0.413. The molecule has 1 nitrogen and oxygen atoms in total. The van der Waals surface area contributed by atoms with Gasteiger partial charge in [0.05, 0.1) is 5.54 Å². The monoisotopic (exact) mass is 100 g/mol. The van der Waals surface area contributed by atoms with E-state index in [4.69, 9.17) is 0 Å². The smallest absolute Gasteiger partial charge is 0.292 e. The standard InChI is InChI=1S/C6H13N/c1-5-7-6(2,3)4/h5H,1-4H3/p+1. The molecule has 0 aromatic carbocycles. The minimum absolute atomic E-state index is 0. The van der Waals surface area contributed by atoms with Crippen molar-refractivity contribution in [2.75, 3.05) is 0 Å². The van der Waals surface area contributed by atoms with Crippen LogP contribution >= 0.6 is 0 Å². The second kappa shape index (κ2) is 2.10. The summed E-state index contributed by atoms with van der Waals surface area (Å²) < 4.78 is 0. The van der Waals surface area contributed by atoms with Crippen LogP contribution in [0.15, 0.2) is 4.99 Å². The molecular weight excluding hydrogens is 86.1 g/mol. The predicted octanol–water partition coefficient (Wildman–Crippen LogP) is 1.99. The van der Waals surface area contributed by atoms with Crippen molar-refractivity contribution in [3.63, 3.8) is 0 Å². The van der Waals surface area contributed by atoms with Crippen molar-refractivity contribution in [1.29, 1.82) is 0 Å². The van der Waals surface area contributed by atoms with Gasteiger partial charge >= 0.3 is 1.43 Å².